The largest absolute Gasteiger partial charge is 0.481 e. The molecule has 0 spiro atoms. The summed E-state index contributed by atoms with van der Waals surface area (Å²) >= 11 is 5.67. The first-order chi connectivity index (χ1) is 8.17. The summed E-state index contributed by atoms with van der Waals surface area (Å²) in [6.45, 7) is 0.997. The number of ketones is 1. The molecule has 0 aromatic heterocycles. The quantitative estimate of drug-likeness (QED) is 0.628. The molecule has 0 amide bonds. The average molecular weight is 244 g/mol. The number of carbonyl (C=O) groups excluding carboxylic acids is 1. The number of aliphatic carboxylic acids is 1. The fraction of sp³-hybridized carbons (Fsp3) is 0.273. The number of carboxylic acid groups (broad SMARTS) is 1. The highest BCUT2D eigenvalue weighted by atomic mass is 35.5. The fourth-order valence-corrected chi connectivity index (χ4v) is 1.27. The molecule has 0 fully saturated rings. The van der Waals surface area contributed by atoms with E-state index in [1.165, 1.54) is 18.2 Å². The van der Waals surface area contributed by atoms with Gasteiger partial charge >= 0.3 is 5.97 Å². The lowest BCUT2D eigenvalue weighted by molar-refractivity contribution is -0.141. The molecule has 2 unspecified atom stereocenters. The van der Waals surface area contributed by atoms with E-state index in [-0.39, 0.29) is 11.3 Å². The Hall–Kier alpha value is -1.55. The van der Waals surface area contributed by atoms with Gasteiger partial charge in [-0.15, -0.1) is 0 Å². The van der Waals surface area contributed by atoms with Crippen molar-refractivity contribution >= 4 is 29.0 Å². The zero-order chi connectivity index (χ0) is 14.1. The molecule has 1 aromatic rings. The summed E-state index contributed by atoms with van der Waals surface area (Å²) in [6, 6.07) is 4.07. The molecule has 4 nitrogen and oxygen atoms in total. The number of hydrogen-bond donors (Lipinski definition) is 2. The Kier molecular flexibility index (Phi) is 3.01. The Labute approximate surface area is 101 Å². The highest BCUT2D eigenvalue weighted by Crippen LogP contribution is 2.20. The van der Waals surface area contributed by atoms with Gasteiger partial charge in [-0.05, 0) is 18.2 Å². The van der Waals surface area contributed by atoms with E-state index >= 15 is 0 Å². The number of nitrogens with two attached hydrogens (primary N) is 1. The van der Waals surface area contributed by atoms with E-state index in [0.717, 1.165) is 6.92 Å². The minimum atomic E-state index is -2.23. The zero-order valence-electron chi connectivity index (χ0n) is 10.5. The van der Waals surface area contributed by atoms with Gasteiger partial charge in [0.05, 0.1) is 5.89 Å². The van der Waals surface area contributed by atoms with Gasteiger partial charge in [0.1, 0.15) is 0 Å². The van der Waals surface area contributed by atoms with Crippen LogP contribution in [0.5, 0.6) is 0 Å². The molecule has 0 saturated carbocycles. The molecule has 0 saturated heterocycles. The molecule has 0 aliphatic carbocycles. The highest BCUT2D eigenvalue weighted by molar-refractivity contribution is 6.31. The summed E-state index contributed by atoms with van der Waals surface area (Å²) < 4.78 is 15.1. The maximum atomic E-state index is 11.9. The minimum absolute atomic E-state index is 0.000810. The van der Waals surface area contributed by atoms with E-state index < -0.39 is 24.0 Å². The van der Waals surface area contributed by atoms with E-state index in [1.807, 2.05) is 0 Å². The Morgan fingerprint density at radius 3 is 2.81 bits per heavy atom. The third-order valence-corrected chi connectivity index (χ3v) is 2.20. The Morgan fingerprint density at radius 2 is 2.31 bits per heavy atom. The summed E-state index contributed by atoms with van der Waals surface area (Å²) in [5, 5.41) is 9.14. The summed E-state index contributed by atoms with van der Waals surface area (Å²) in [6.07, 6.45) is -1.77. The third-order valence-electron chi connectivity index (χ3n) is 1.96. The van der Waals surface area contributed by atoms with Gasteiger partial charge in [-0.25, -0.2) is 0 Å². The molecule has 86 valence electrons. The van der Waals surface area contributed by atoms with E-state index in [9.17, 15) is 9.59 Å². The molecule has 0 aliphatic rings. The first-order valence-electron chi connectivity index (χ1n) is 5.50. The number of nitrogen functional groups attached to an aromatic ring is 1. The van der Waals surface area contributed by atoms with Crippen molar-refractivity contribution < 1.29 is 17.4 Å². The normalized spacial score (nSPS) is 17.9. The van der Waals surface area contributed by atoms with Crippen LogP contribution in [0.3, 0.4) is 0 Å². The van der Waals surface area contributed by atoms with Crippen LogP contribution in [0.4, 0.5) is 5.69 Å². The first kappa shape index (κ1) is 9.66. The molecule has 0 heterocycles. The molecule has 3 N–H and O–H groups in total. The van der Waals surface area contributed by atoms with Crippen LogP contribution in [0.1, 0.15) is 26.4 Å². The van der Waals surface area contributed by atoms with Crippen molar-refractivity contribution in [3.63, 3.8) is 0 Å². The first-order valence-corrected chi connectivity index (χ1v) is 4.80. The van der Waals surface area contributed by atoms with Crippen LogP contribution < -0.4 is 5.73 Å². The number of Topliss-reactive ketones (excluding diaryl/α,β-unsaturated/α-hetero) is 1. The molecular weight excluding hydrogens is 230 g/mol. The molecule has 0 bridgehead atoms. The second kappa shape index (κ2) is 4.99. The van der Waals surface area contributed by atoms with Crippen LogP contribution in [0.25, 0.3) is 0 Å². The van der Waals surface area contributed by atoms with Crippen LogP contribution in [-0.4, -0.2) is 16.9 Å². The van der Waals surface area contributed by atoms with Crippen LogP contribution in [-0.2, 0) is 4.79 Å². The summed E-state index contributed by atoms with van der Waals surface area (Å²) in [4.78, 5) is 22.8. The third kappa shape index (κ3) is 2.97. The lowest BCUT2D eigenvalue weighted by Gasteiger charge is -2.07. The van der Waals surface area contributed by atoms with Gasteiger partial charge in [0.2, 0.25) is 0 Å². The second-order valence-corrected chi connectivity index (χ2v) is 3.66. The van der Waals surface area contributed by atoms with Crippen molar-refractivity contribution in [1.29, 1.82) is 0 Å². The van der Waals surface area contributed by atoms with Crippen LogP contribution in [0.2, 0.25) is 5.02 Å². The Morgan fingerprint density at radius 1 is 1.69 bits per heavy atom. The highest BCUT2D eigenvalue weighted by Gasteiger charge is 2.18. The topological polar surface area (TPSA) is 80.4 Å². The molecule has 5 heteroatoms. The average Bonchev–Trinajstić information content (AvgIpc) is 2.26. The molecule has 0 aliphatic heterocycles. The monoisotopic (exact) mass is 243 g/mol. The number of carbonyl (C=O) groups is 2. The maximum Gasteiger partial charge on any atom is 0.306 e. The number of anilines is 1. The summed E-state index contributed by atoms with van der Waals surface area (Å²) in [5.41, 5.74) is 5.64. The van der Waals surface area contributed by atoms with E-state index in [4.69, 9.17) is 25.2 Å². The van der Waals surface area contributed by atoms with Crippen molar-refractivity contribution in [2.75, 3.05) is 5.73 Å². The summed E-state index contributed by atoms with van der Waals surface area (Å²) in [7, 11) is 0. The van der Waals surface area contributed by atoms with Gasteiger partial charge in [-0.1, -0.05) is 18.5 Å². The fourth-order valence-electron chi connectivity index (χ4n) is 1.09. The Bertz CT molecular complexity index is 505. The van der Waals surface area contributed by atoms with Crippen LogP contribution >= 0.6 is 11.6 Å². The SMILES string of the molecule is [2H]C(C(=O)c1ccc(Cl)cc1N)C([2H])(C)C(=O)O. The molecule has 0 radical (unpaired) electrons. The van der Waals surface area contributed by atoms with E-state index in [2.05, 4.69) is 0 Å². The zero-order valence-corrected chi connectivity index (χ0v) is 9.28. The molecule has 1 rings (SSSR count). The molecule has 1 aromatic carbocycles. The number of carboxylic acids is 1. The van der Waals surface area contributed by atoms with Crippen molar-refractivity contribution in [2.45, 2.75) is 13.3 Å². The molecule has 2 atom stereocenters. The van der Waals surface area contributed by atoms with Gasteiger partial charge in [0.25, 0.3) is 0 Å². The standard InChI is InChI=1S/C11H12ClNO3/c1-6(11(15)16)4-10(14)8-3-2-7(12)5-9(8)13/h2-3,5-6H,4,13H2,1H3,(H,15,16)/i4D,6D. The molecule has 16 heavy (non-hydrogen) atoms. The van der Waals surface area contributed by atoms with Crippen molar-refractivity contribution in [2.24, 2.45) is 5.89 Å². The number of halogens is 1. The minimum Gasteiger partial charge on any atom is -0.481 e. The van der Waals surface area contributed by atoms with Crippen molar-refractivity contribution in [3.8, 4) is 0 Å². The number of benzene rings is 1. The smallest absolute Gasteiger partial charge is 0.306 e. The number of rotatable bonds is 4. The maximum absolute atomic E-state index is 11.9. The van der Waals surface area contributed by atoms with Gasteiger partial charge in [0, 0.05) is 25.4 Å². The predicted octanol–water partition coefficient (Wildman–Crippen LogP) is 2.22. The van der Waals surface area contributed by atoms with Crippen LogP contribution in [0.15, 0.2) is 18.2 Å². The van der Waals surface area contributed by atoms with E-state index in [0.29, 0.717) is 5.02 Å². The predicted molar refractivity (Wildman–Crippen MR) is 61.6 cm³/mol. The Balaban J connectivity index is 3.11. The van der Waals surface area contributed by atoms with Crippen LogP contribution in [0, 0.1) is 5.89 Å². The van der Waals surface area contributed by atoms with Crippen molar-refractivity contribution in [1.82, 2.24) is 0 Å². The van der Waals surface area contributed by atoms with E-state index in [1.54, 1.807) is 0 Å². The second-order valence-electron chi connectivity index (χ2n) is 3.23. The lowest BCUT2D eigenvalue weighted by Crippen LogP contribution is -2.15. The summed E-state index contributed by atoms with van der Waals surface area (Å²) in [5.74, 6) is -4.59. The number of hydrogen-bond acceptors (Lipinski definition) is 3. The molecular formula is C11H12ClNO3. The van der Waals surface area contributed by atoms with Gasteiger partial charge in [-0.2, -0.15) is 0 Å². The van der Waals surface area contributed by atoms with Gasteiger partial charge < -0.3 is 10.8 Å². The van der Waals surface area contributed by atoms with Gasteiger partial charge in [-0.3, -0.25) is 9.59 Å². The van der Waals surface area contributed by atoms with Crippen molar-refractivity contribution in [3.05, 3.63) is 28.8 Å². The lowest BCUT2D eigenvalue weighted by atomic mass is 9.99. The van der Waals surface area contributed by atoms with Gasteiger partial charge in [0.15, 0.2) is 5.78 Å².